The highest BCUT2D eigenvalue weighted by Crippen LogP contribution is 2.46. The highest BCUT2D eigenvalue weighted by molar-refractivity contribution is 5.92. The Balaban J connectivity index is 0.00000277. The van der Waals surface area contributed by atoms with E-state index < -0.39 is 0 Å². The van der Waals surface area contributed by atoms with Crippen LogP contribution in [-0.2, 0) is 12.8 Å². The van der Waals surface area contributed by atoms with E-state index in [1.165, 1.54) is 61.6 Å². The van der Waals surface area contributed by atoms with E-state index in [-0.39, 0.29) is 12.4 Å². The maximum atomic E-state index is 2.58. The van der Waals surface area contributed by atoms with Crippen LogP contribution in [0, 0.1) is 0 Å². The highest BCUT2D eigenvalue weighted by Gasteiger charge is 2.40. The van der Waals surface area contributed by atoms with Crippen molar-refractivity contribution in [3.63, 3.8) is 0 Å². The third-order valence-electron chi connectivity index (χ3n) is 7.88. The van der Waals surface area contributed by atoms with E-state index >= 15 is 0 Å². The van der Waals surface area contributed by atoms with Gasteiger partial charge >= 0.3 is 0 Å². The van der Waals surface area contributed by atoms with Gasteiger partial charge in [-0.3, -0.25) is 0 Å². The van der Waals surface area contributed by atoms with Gasteiger partial charge in [0.25, 0.3) is 0 Å². The molecule has 2 heteroatoms. The second-order valence-electron chi connectivity index (χ2n) is 10.2. The molecule has 0 saturated carbocycles. The topological polar surface area (TPSA) is 3.88 Å². The Morgan fingerprint density at radius 3 is 1.33 bits per heavy atom. The molecule has 0 spiro atoms. The molecule has 0 saturated heterocycles. The molecule has 190 valence electrons. The number of nitrogens with zero attached hydrogens (tertiary/aromatic N) is 1. The van der Waals surface area contributed by atoms with E-state index in [2.05, 4.69) is 138 Å². The Hall–Kier alpha value is -4.20. The van der Waals surface area contributed by atoms with Gasteiger partial charge in [-0.25, -0.2) is 0 Å². The molecule has 2 aliphatic carbocycles. The molecule has 1 aromatic heterocycles. The Bertz CT molecular complexity index is 1580. The number of benzene rings is 4. The zero-order valence-electron chi connectivity index (χ0n) is 21.9. The van der Waals surface area contributed by atoms with Crippen molar-refractivity contribution in [1.82, 2.24) is 0 Å². The summed E-state index contributed by atoms with van der Waals surface area (Å²) in [5.41, 5.74) is 15.1. The molecular weight excluding hydrogens is 494 g/mol. The largest absolute Gasteiger partial charge is 1.00 e. The molecule has 1 heterocycles. The number of hydrogen-bond donors (Lipinski definition) is 0. The van der Waals surface area contributed by atoms with Crippen molar-refractivity contribution in [3.05, 3.63) is 155 Å². The lowest BCUT2D eigenvalue weighted by molar-refractivity contribution is -0.600. The number of para-hydroxylation sites is 1. The first-order valence-corrected chi connectivity index (χ1v) is 13.6. The van der Waals surface area contributed by atoms with E-state index in [9.17, 15) is 0 Å². The van der Waals surface area contributed by atoms with Gasteiger partial charge in [0, 0.05) is 40.0 Å². The molecule has 7 rings (SSSR count). The molecule has 2 aliphatic rings. The Morgan fingerprint density at radius 1 is 0.462 bits per heavy atom. The van der Waals surface area contributed by atoms with Crippen LogP contribution in [0.2, 0.25) is 0 Å². The van der Waals surface area contributed by atoms with Crippen molar-refractivity contribution in [1.29, 1.82) is 0 Å². The van der Waals surface area contributed by atoms with Gasteiger partial charge in [0.2, 0.25) is 17.1 Å². The summed E-state index contributed by atoms with van der Waals surface area (Å²) in [4.78, 5) is 0. The minimum atomic E-state index is 0. The van der Waals surface area contributed by atoms with Crippen molar-refractivity contribution in [2.45, 2.75) is 25.7 Å². The molecule has 0 fully saturated rings. The number of rotatable bonds is 4. The maximum absolute atomic E-state index is 2.58. The summed E-state index contributed by atoms with van der Waals surface area (Å²) < 4.78 is 2.58. The fourth-order valence-electron chi connectivity index (χ4n) is 6.29. The lowest BCUT2D eigenvalue weighted by atomic mass is 9.92. The van der Waals surface area contributed by atoms with Crippen LogP contribution in [0.5, 0.6) is 0 Å². The van der Waals surface area contributed by atoms with E-state index in [4.69, 9.17) is 0 Å². The number of halogens is 1. The van der Waals surface area contributed by atoms with Crippen molar-refractivity contribution in [3.8, 4) is 16.8 Å². The van der Waals surface area contributed by atoms with Crippen molar-refractivity contribution < 1.29 is 17.0 Å². The highest BCUT2D eigenvalue weighted by atomic mass is 35.5. The van der Waals surface area contributed by atoms with Gasteiger partial charge in [0.15, 0.2) is 0 Å². The molecular formula is C37H30ClN. The van der Waals surface area contributed by atoms with Gasteiger partial charge in [-0.1, -0.05) is 109 Å². The van der Waals surface area contributed by atoms with E-state index in [1.807, 2.05) is 0 Å². The predicted molar refractivity (Wildman–Crippen MR) is 159 cm³/mol. The average Bonchev–Trinajstić information content (AvgIpc) is 3.58. The maximum Gasteiger partial charge on any atom is 0.218 e. The third-order valence-corrected chi connectivity index (χ3v) is 7.88. The predicted octanol–water partition coefficient (Wildman–Crippen LogP) is 5.61. The first-order chi connectivity index (χ1) is 18.9. The van der Waals surface area contributed by atoms with Gasteiger partial charge in [0.05, 0.1) is 0 Å². The minimum absolute atomic E-state index is 0. The van der Waals surface area contributed by atoms with Crippen LogP contribution < -0.4 is 17.0 Å². The van der Waals surface area contributed by atoms with Crippen molar-refractivity contribution in [2.24, 2.45) is 0 Å². The first-order valence-electron chi connectivity index (χ1n) is 13.6. The van der Waals surface area contributed by atoms with Gasteiger partial charge in [0.1, 0.15) is 0 Å². The number of aromatic nitrogens is 1. The van der Waals surface area contributed by atoms with Crippen LogP contribution in [0.1, 0.15) is 46.5 Å². The van der Waals surface area contributed by atoms with E-state index in [0.29, 0.717) is 0 Å². The Labute approximate surface area is 237 Å². The number of allylic oxidation sites excluding steroid dienone is 2. The monoisotopic (exact) mass is 523 g/mol. The van der Waals surface area contributed by atoms with Gasteiger partial charge in [-0.05, 0) is 54.5 Å². The number of pyridine rings is 1. The summed E-state index contributed by atoms with van der Waals surface area (Å²) in [6, 6.07) is 43.6. The van der Waals surface area contributed by atoms with E-state index in [1.54, 1.807) is 0 Å². The van der Waals surface area contributed by atoms with Gasteiger partial charge < -0.3 is 12.4 Å². The summed E-state index contributed by atoms with van der Waals surface area (Å²) >= 11 is 0. The molecule has 0 N–H and O–H groups in total. The standard InChI is InChI=1S/C37H30N.ClH/c1-5-13-27(14-6-1)25-30-21-23-33-35(29-17-9-3-10-18-29)34-24-22-31(26-28-15-7-2-8-16-28)37(34)38(36(30)33)32-19-11-4-12-20-32;/h1-20,25-26H,21-24H2;1H/q+1;/p-1/b30-25+,31-26+;. The zero-order chi connectivity index (χ0) is 25.3. The molecule has 0 aliphatic heterocycles. The quantitative estimate of drug-likeness (QED) is 0.270. The lowest BCUT2D eigenvalue weighted by Gasteiger charge is -2.16. The molecule has 5 aromatic rings. The van der Waals surface area contributed by atoms with Crippen LogP contribution in [-0.4, -0.2) is 0 Å². The van der Waals surface area contributed by atoms with E-state index in [0.717, 1.165) is 25.7 Å². The first kappa shape index (κ1) is 25.1. The lowest BCUT2D eigenvalue weighted by Crippen LogP contribution is -3.00. The molecule has 4 aromatic carbocycles. The number of fused-ring (bicyclic) bond motifs is 2. The summed E-state index contributed by atoms with van der Waals surface area (Å²) in [6.07, 6.45) is 9.05. The second-order valence-corrected chi connectivity index (χ2v) is 10.2. The van der Waals surface area contributed by atoms with Gasteiger partial charge in [-0.15, -0.1) is 0 Å². The second kappa shape index (κ2) is 10.9. The normalized spacial score (nSPS) is 15.7. The molecule has 0 atom stereocenters. The fraction of sp³-hybridized carbons (Fsp3) is 0.108. The average molecular weight is 524 g/mol. The molecule has 1 nitrogen and oxygen atoms in total. The van der Waals surface area contributed by atoms with Crippen LogP contribution in [0.3, 0.4) is 0 Å². The summed E-state index contributed by atoms with van der Waals surface area (Å²) in [5, 5.41) is 0. The smallest absolute Gasteiger partial charge is 0.218 e. The summed E-state index contributed by atoms with van der Waals surface area (Å²) in [5.74, 6) is 0. The molecule has 0 bridgehead atoms. The SMILES string of the molecule is C(=C1/CCc2c(-c3ccccc3)c3c([n+](-c4ccccc4)c21)/C(=C/c1ccccc1)CC3)/c1ccccc1.[Cl-]. The van der Waals surface area contributed by atoms with Crippen molar-refractivity contribution in [2.75, 3.05) is 0 Å². The third kappa shape index (κ3) is 4.64. The van der Waals surface area contributed by atoms with Crippen LogP contribution >= 0.6 is 0 Å². The van der Waals surface area contributed by atoms with Gasteiger partial charge in [-0.2, -0.15) is 4.57 Å². The molecule has 0 unspecified atom stereocenters. The Kier molecular flexibility index (Phi) is 7.00. The summed E-state index contributed by atoms with van der Waals surface area (Å²) in [6.45, 7) is 0. The Morgan fingerprint density at radius 2 is 0.872 bits per heavy atom. The zero-order valence-corrected chi connectivity index (χ0v) is 22.6. The minimum Gasteiger partial charge on any atom is -1.00 e. The van der Waals surface area contributed by atoms with Crippen LogP contribution in [0.15, 0.2) is 121 Å². The molecule has 0 radical (unpaired) electrons. The number of hydrogen-bond acceptors (Lipinski definition) is 0. The summed E-state index contributed by atoms with van der Waals surface area (Å²) in [7, 11) is 0. The van der Waals surface area contributed by atoms with Crippen LogP contribution in [0.25, 0.3) is 40.1 Å². The molecule has 39 heavy (non-hydrogen) atoms. The van der Waals surface area contributed by atoms with Crippen LogP contribution in [0.4, 0.5) is 0 Å². The van der Waals surface area contributed by atoms with Crippen molar-refractivity contribution >= 4 is 23.3 Å². The molecule has 0 amide bonds. The fourth-order valence-corrected chi connectivity index (χ4v) is 6.29.